The highest BCUT2D eigenvalue weighted by Crippen LogP contribution is 2.24. The van der Waals surface area contributed by atoms with Crippen molar-refractivity contribution in [1.82, 2.24) is 9.47 Å². The first-order valence-electron chi connectivity index (χ1n) is 6.91. The minimum absolute atomic E-state index is 0.0275. The Kier molecular flexibility index (Phi) is 4.86. The molecule has 1 aromatic heterocycles. The largest absolute Gasteiger partial charge is 0.481 e. The Morgan fingerprint density at radius 2 is 2.20 bits per heavy atom. The number of aromatic nitrogens is 1. The van der Waals surface area contributed by atoms with Gasteiger partial charge in [-0.3, -0.25) is 9.59 Å². The van der Waals surface area contributed by atoms with Crippen LogP contribution >= 0.6 is 15.9 Å². The van der Waals surface area contributed by atoms with Gasteiger partial charge in [-0.2, -0.15) is 0 Å². The fourth-order valence-corrected chi connectivity index (χ4v) is 3.21. The average molecular weight is 343 g/mol. The summed E-state index contributed by atoms with van der Waals surface area (Å²) in [6.07, 6.45) is 4.60. The van der Waals surface area contributed by atoms with Gasteiger partial charge in [0.1, 0.15) is 5.69 Å². The highest BCUT2D eigenvalue weighted by atomic mass is 79.9. The molecule has 5 nitrogen and oxygen atoms in total. The molecular weight excluding hydrogens is 324 g/mol. The van der Waals surface area contributed by atoms with E-state index in [1.807, 2.05) is 17.7 Å². The highest BCUT2D eigenvalue weighted by Gasteiger charge is 2.30. The number of amides is 1. The molecule has 1 atom stereocenters. The summed E-state index contributed by atoms with van der Waals surface area (Å²) in [6.45, 7) is 3.33. The Morgan fingerprint density at radius 3 is 2.85 bits per heavy atom. The molecule has 6 heteroatoms. The number of carboxylic acids is 1. The van der Waals surface area contributed by atoms with Gasteiger partial charge in [0.05, 0.1) is 6.42 Å². The lowest BCUT2D eigenvalue weighted by Crippen LogP contribution is -2.45. The zero-order valence-electron chi connectivity index (χ0n) is 11.5. The number of halogens is 1. The van der Waals surface area contributed by atoms with Crippen molar-refractivity contribution < 1.29 is 14.7 Å². The second-order valence-electron chi connectivity index (χ2n) is 5.08. The first kappa shape index (κ1) is 15.1. The smallest absolute Gasteiger partial charge is 0.305 e. The Bertz CT molecular complexity index is 513. The molecule has 0 bridgehead atoms. The molecule has 0 radical (unpaired) electrons. The molecule has 110 valence electrons. The van der Waals surface area contributed by atoms with Gasteiger partial charge >= 0.3 is 5.97 Å². The number of carbonyl (C=O) groups is 2. The number of piperidine rings is 1. The number of aryl methyl sites for hydroxylation is 1. The lowest BCUT2D eigenvalue weighted by atomic mass is 9.99. The SMILES string of the molecule is CCn1cc(Br)cc1C(=O)N1CCCCC1CC(=O)O. The van der Waals surface area contributed by atoms with Crippen LogP contribution in [0.1, 0.15) is 43.1 Å². The van der Waals surface area contributed by atoms with Crippen LogP contribution in [0.2, 0.25) is 0 Å². The number of carbonyl (C=O) groups excluding carboxylic acids is 1. The van der Waals surface area contributed by atoms with Crippen LogP contribution in [0.15, 0.2) is 16.7 Å². The van der Waals surface area contributed by atoms with E-state index < -0.39 is 5.97 Å². The van der Waals surface area contributed by atoms with Crippen LogP contribution in [0.25, 0.3) is 0 Å². The average Bonchev–Trinajstić information content (AvgIpc) is 2.79. The van der Waals surface area contributed by atoms with Gasteiger partial charge in [-0.1, -0.05) is 0 Å². The second-order valence-corrected chi connectivity index (χ2v) is 5.99. The van der Waals surface area contributed by atoms with Crippen molar-refractivity contribution in [3.63, 3.8) is 0 Å². The van der Waals surface area contributed by atoms with Gasteiger partial charge in [-0.15, -0.1) is 0 Å². The molecule has 1 saturated heterocycles. The van der Waals surface area contributed by atoms with Crippen molar-refractivity contribution in [2.45, 2.75) is 45.2 Å². The summed E-state index contributed by atoms with van der Waals surface area (Å²) in [5.41, 5.74) is 0.622. The van der Waals surface area contributed by atoms with Crippen LogP contribution in [-0.2, 0) is 11.3 Å². The molecule has 1 aliphatic rings. The van der Waals surface area contributed by atoms with E-state index in [1.54, 1.807) is 11.0 Å². The molecule has 1 amide bonds. The summed E-state index contributed by atoms with van der Waals surface area (Å²) in [6, 6.07) is 1.62. The molecule has 1 unspecified atom stereocenters. The molecule has 1 fully saturated rings. The second kappa shape index (κ2) is 6.43. The van der Waals surface area contributed by atoms with E-state index in [4.69, 9.17) is 5.11 Å². The fourth-order valence-electron chi connectivity index (χ4n) is 2.74. The van der Waals surface area contributed by atoms with Gasteiger partial charge in [0, 0.05) is 29.8 Å². The number of likely N-dealkylation sites (tertiary alicyclic amines) is 1. The summed E-state index contributed by atoms with van der Waals surface area (Å²) in [5.74, 6) is -0.912. The van der Waals surface area contributed by atoms with E-state index in [0.717, 1.165) is 23.7 Å². The van der Waals surface area contributed by atoms with Gasteiger partial charge in [-0.05, 0) is 48.2 Å². The van der Waals surface area contributed by atoms with Crippen LogP contribution in [-0.4, -0.2) is 39.0 Å². The van der Waals surface area contributed by atoms with Crippen molar-refractivity contribution in [2.24, 2.45) is 0 Å². The maximum atomic E-state index is 12.7. The van der Waals surface area contributed by atoms with Crippen molar-refractivity contribution in [3.8, 4) is 0 Å². The lowest BCUT2D eigenvalue weighted by Gasteiger charge is -2.35. The first-order valence-corrected chi connectivity index (χ1v) is 7.70. The Labute approximate surface area is 126 Å². The van der Waals surface area contributed by atoms with E-state index in [2.05, 4.69) is 15.9 Å². The van der Waals surface area contributed by atoms with Gasteiger partial charge in [0.15, 0.2) is 0 Å². The third-order valence-corrected chi connectivity index (χ3v) is 4.15. The molecule has 2 heterocycles. The van der Waals surface area contributed by atoms with Crippen LogP contribution in [0, 0.1) is 0 Å². The van der Waals surface area contributed by atoms with Crippen molar-refractivity contribution >= 4 is 27.8 Å². The van der Waals surface area contributed by atoms with Crippen LogP contribution in [0.3, 0.4) is 0 Å². The van der Waals surface area contributed by atoms with Crippen molar-refractivity contribution in [1.29, 1.82) is 0 Å². The highest BCUT2D eigenvalue weighted by molar-refractivity contribution is 9.10. The minimum atomic E-state index is -0.846. The third-order valence-electron chi connectivity index (χ3n) is 3.72. The van der Waals surface area contributed by atoms with E-state index in [1.165, 1.54) is 0 Å². The quantitative estimate of drug-likeness (QED) is 0.914. The number of carboxylic acid groups (broad SMARTS) is 1. The molecule has 2 rings (SSSR count). The standard InChI is InChI=1S/C14H19BrN2O3/c1-2-16-9-10(15)7-12(16)14(20)17-6-4-3-5-11(17)8-13(18)19/h7,9,11H,2-6,8H2,1H3,(H,18,19). The molecule has 1 N–H and O–H groups in total. The van der Waals surface area contributed by atoms with Gasteiger partial charge in [0.25, 0.3) is 5.91 Å². The van der Waals surface area contributed by atoms with E-state index >= 15 is 0 Å². The van der Waals surface area contributed by atoms with E-state index in [-0.39, 0.29) is 18.4 Å². The topological polar surface area (TPSA) is 62.5 Å². The Balaban J connectivity index is 2.22. The maximum Gasteiger partial charge on any atom is 0.305 e. The van der Waals surface area contributed by atoms with Crippen LogP contribution in [0.5, 0.6) is 0 Å². The van der Waals surface area contributed by atoms with Gasteiger partial charge in [0.2, 0.25) is 0 Å². The Morgan fingerprint density at radius 1 is 1.45 bits per heavy atom. The third kappa shape index (κ3) is 3.23. The fraction of sp³-hybridized carbons (Fsp3) is 0.571. The van der Waals surface area contributed by atoms with Crippen LogP contribution in [0.4, 0.5) is 0 Å². The predicted octanol–water partition coefficient (Wildman–Crippen LogP) is 2.74. The maximum absolute atomic E-state index is 12.7. The molecule has 0 spiro atoms. The lowest BCUT2D eigenvalue weighted by molar-refractivity contribution is -0.138. The molecule has 0 aliphatic carbocycles. The molecular formula is C14H19BrN2O3. The number of aliphatic carboxylic acids is 1. The summed E-state index contributed by atoms with van der Waals surface area (Å²) in [7, 11) is 0. The number of rotatable bonds is 4. The van der Waals surface area contributed by atoms with E-state index in [9.17, 15) is 9.59 Å². The van der Waals surface area contributed by atoms with Crippen molar-refractivity contribution in [3.05, 3.63) is 22.4 Å². The zero-order chi connectivity index (χ0) is 14.7. The summed E-state index contributed by atoms with van der Waals surface area (Å²) in [4.78, 5) is 25.4. The van der Waals surface area contributed by atoms with Gasteiger partial charge in [-0.25, -0.2) is 0 Å². The van der Waals surface area contributed by atoms with Crippen molar-refractivity contribution in [2.75, 3.05) is 6.54 Å². The summed E-state index contributed by atoms with van der Waals surface area (Å²) >= 11 is 3.39. The number of nitrogens with zero attached hydrogens (tertiary/aromatic N) is 2. The molecule has 20 heavy (non-hydrogen) atoms. The summed E-state index contributed by atoms with van der Waals surface area (Å²) in [5, 5.41) is 8.99. The normalized spacial score (nSPS) is 19.1. The number of hydrogen-bond donors (Lipinski definition) is 1. The Hall–Kier alpha value is -1.30. The molecule has 0 saturated carbocycles. The first-order chi connectivity index (χ1) is 9.52. The molecule has 1 aliphatic heterocycles. The minimum Gasteiger partial charge on any atom is -0.481 e. The van der Waals surface area contributed by atoms with Crippen LogP contribution < -0.4 is 0 Å². The zero-order valence-corrected chi connectivity index (χ0v) is 13.1. The summed E-state index contributed by atoms with van der Waals surface area (Å²) < 4.78 is 2.76. The van der Waals surface area contributed by atoms with Gasteiger partial charge < -0.3 is 14.6 Å². The van der Waals surface area contributed by atoms with E-state index in [0.29, 0.717) is 18.8 Å². The number of hydrogen-bond acceptors (Lipinski definition) is 2. The predicted molar refractivity (Wildman–Crippen MR) is 78.7 cm³/mol. The molecule has 1 aromatic rings. The molecule has 0 aromatic carbocycles. The monoisotopic (exact) mass is 342 g/mol.